The second-order valence-electron chi connectivity index (χ2n) is 4.95. The fraction of sp³-hybridized carbons (Fsp3) is 0.467. The summed E-state index contributed by atoms with van der Waals surface area (Å²) >= 11 is 0. The van der Waals surface area contributed by atoms with Gasteiger partial charge in [0.15, 0.2) is 0 Å². The molecule has 0 saturated carbocycles. The molecular weight excluding hydrogens is 275 g/mol. The Labute approximate surface area is 122 Å². The Kier molecular flexibility index (Phi) is 5.68. The zero-order valence-corrected chi connectivity index (χ0v) is 11.7. The van der Waals surface area contributed by atoms with E-state index in [1.54, 1.807) is 12.1 Å². The quantitative estimate of drug-likeness (QED) is 0.762. The number of rotatable bonds is 6. The molecule has 0 bridgehead atoms. The Hall–Kier alpha value is -1.95. The summed E-state index contributed by atoms with van der Waals surface area (Å²) in [6.07, 6.45) is 1.51. The lowest BCUT2D eigenvalue weighted by molar-refractivity contribution is -0.130. The molecule has 1 atom stereocenters. The third-order valence-corrected chi connectivity index (χ3v) is 3.25. The molecule has 1 saturated heterocycles. The van der Waals surface area contributed by atoms with Crippen LogP contribution in [0.25, 0.3) is 0 Å². The van der Waals surface area contributed by atoms with Gasteiger partial charge in [0, 0.05) is 19.7 Å². The summed E-state index contributed by atoms with van der Waals surface area (Å²) < 4.78 is 18.0. The van der Waals surface area contributed by atoms with Crippen LogP contribution < -0.4 is 10.6 Å². The van der Waals surface area contributed by atoms with Crippen molar-refractivity contribution >= 4 is 11.8 Å². The highest BCUT2D eigenvalue weighted by molar-refractivity contribution is 5.81. The van der Waals surface area contributed by atoms with E-state index in [0.29, 0.717) is 19.7 Å². The number of nitrogens with one attached hydrogen (secondary N) is 2. The van der Waals surface area contributed by atoms with E-state index in [9.17, 15) is 14.0 Å². The van der Waals surface area contributed by atoms with Crippen molar-refractivity contribution in [3.05, 3.63) is 35.6 Å². The van der Waals surface area contributed by atoms with Crippen LogP contribution >= 0.6 is 0 Å². The molecule has 1 fully saturated rings. The van der Waals surface area contributed by atoms with Gasteiger partial charge in [0.2, 0.25) is 11.8 Å². The molecule has 1 aliphatic heterocycles. The summed E-state index contributed by atoms with van der Waals surface area (Å²) in [7, 11) is 0. The number of amides is 2. The molecule has 0 aliphatic carbocycles. The zero-order chi connectivity index (χ0) is 15.1. The summed E-state index contributed by atoms with van der Waals surface area (Å²) in [5.74, 6) is -0.607. The minimum atomic E-state index is -0.347. The second kappa shape index (κ2) is 7.73. The SMILES string of the molecule is O=C(Cc1ccc(F)cc1)NCCNC(=O)C1CCCO1. The molecular formula is C15H19FN2O3. The fourth-order valence-electron chi connectivity index (χ4n) is 2.14. The van der Waals surface area contributed by atoms with Gasteiger partial charge in [0.05, 0.1) is 6.42 Å². The predicted molar refractivity (Wildman–Crippen MR) is 75.1 cm³/mol. The van der Waals surface area contributed by atoms with E-state index in [4.69, 9.17) is 4.74 Å². The van der Waals surface area contributed by atoms with Crippen LogP contribution in [0.2, 0.25) is 0 Å². The van der Waals surface area contributed by atoms with Gasteiger partial charge in [0.25, 0.3) is 0 Å². The van der Waals surface area contributed by atoms with Crippen LogP contribution in [0.5, 0.6) is 0 Å². The third-order valence-electron chi connectivity index (χ3n) is 3.25. The number of carbonyl (C=O) groups is 2. The number of benzene rings is 1. The molecule has 2 N–H and O–H groups in total. The number of halogens is 1. The Bertz CT molecular complexity index is 484. The van der Waals surface area contributed by atoms with Crippen LogP contribution in [0.3, 0.4) is 0 Å². The standard InChI is InChI=1S/C15H19FN2O3/c16-12-5-3-11(4-6-12)10-14(19)17-7-8-18-15(20)13-2-1-9-21-13/h3-6,13H,1-2,7-10H2,(H,17,19)(H,18,20). The van der Waals surface area contributed by atoms with Crippen molar-refractivity contribution in [2.24, 2.45) is 0 Å². The Morgan fingerprint density at radius 2 is 1.90 bits per heavy atom. The fourth-order valence-corrected chi connectivity index (χ4v) is 2.14. The average molecular weight is 294 g/mol. The monoisotopic (exact) mass is 294 g/mol. The van der Waals surface area contributed by atoms with Crippen LogP contribution in [0.1, 0.15) is 18.4 Å². The predicted octanol–water partition coefficient (Wildman–Crippen LogP) is 0.780. The maximum Gasteiger partial charge on any atom is 0.249 e. The van der Waals surface area contributed by atoms with E-state index in [-0.39, 0.29) is 30.2 Å². The zero-order valence-electron chi connectivity index (χ0n) is 11.7. The molecule has 0 radical (unpaired) electrons. The minimum absolute atomic E-state index is 0.125. The molecule has 1 aliphatic rings. The van der Waals surface area contributed by atoms with Gasteiger partial charge in [-0.1, -0.05) is 12.1 Å². The first-order valence-corrected chi connectivity index (χ1v) is 7.05. The van der Waals surface area contributed by atoms with E-state index in [1.165, 1.54) is 12.1 Å². The van der Waals surface area contributed by atoms with Crippen molar-refractivity contribution in [2.75, 3.05) is 19.7 Å². The molecule has 5 nitrogen and oxygen atoms in total. The Morgan fingerprint density at radius 1 is 1.19 bits per heavy atom. The van der Waals surface area contributed by atoms with Crippen molar-refractivity contribution in [1.82, 2.24) is 10.6 Å². The van der Waals surface area contributed by atoms with Gasteiger partial charge in [-0.3, -0.25) is 9.59 Å². The van der Waals surface area contributed by atoms with Crippen LogP contribution in [0.4, 0.5) is 4.39 Å². The van der Waals surface area contributed by atoms with Crippen LogP contribution in [0, 0.1) is 5.82 Å². The third kappa shape index (κ3) is 5.15. The number of hydrogen-bond donors (Lipinski definition) is 2. The smallest absolute Gasteiger partial charge is 0.249 e. The molecule has 2 rings (SSSR count). The maximum atomic E-state index is 12.7. The first-order valence-electron chi connectivity index (χ1n) is 7.05. The van der Waals surface area contributed by atoms with Gasteiger partial charge in [-0.05, 0) is 30.5 Å². The summed E-state index contributed by atoms with van der Waals surface area (Å²) in [6, 6.07) is 5.80. The molecule has 2 amide bonds. The number of carbonyl (C=O) groups excluding carboxylic acids is 2. The topological polar surface area (TPSA) is 67.4 Å². The van der Waals surface area contributed by atoms with Gasteiger partial charge in [-0.2, -0.15) is 0 Å². The van der Waals surface area contributed by atoms with Crippen molar-refractivity contribution in [3.63, 3.8) is 0 Å². The van der Waals surface area contributed by atoms with Gasteiger partial charge in [-0.25, -0.2) is 4.39 Å². The highest BCUT2D eigenvalue weighted by atomic mass is 19.1. The van der Waals surface area contributed by atoms with E-state index >= 15 is 0 Å². The maximum absolute atomic E-state index is 12.7. The largest absolute Gasteiger partial charge is 0.368 e. The van der Waals surface area contributed by atoms with Crippen LogP contribution in [-0.2, 0) is 20.7 Å². The summed E-state index contributed by atoms with van der Waals surface area (Å²) in [5, 5.41) is 5.43. The van der Waals surface area contributed by atoms with Crippen LogP contribution in [0.15, 0.2) is 24.3 Å². The first-order chi connectivity index (χ1) is 10.1. The first kappa shape index (κ1) is 15.4. The number of hydrogen-bond acceptors (Lipinski definition) is 3. The van der Waals surface area contributed by atoms with Crippen molar-refractivity contribution in [3.8, 4) is 0 Å². The van der Waals surface area contributed by atoms with E-state index in [2.05, 4.69) is 10.6 Å². The highest BCUT2D eigenvalue weighted by Gasteiger charge is 2.22. The van der Waals surface area contributed by atoms with Crippen molar-refractivity contribution in [2.45, 2.75) is 25.4 Å². The van der Waals surface area contributed by atoms with Crippen molar-refractivity contribution in [1.29, 1.82) is 0 Å². The average Bonchev–Trinajstić information content (AvgIpc) is 3.00. The van der Waals surface area contributed by atoms with E-state index in [0.717, 1.165) is 18.4 Å². The lowest BCUT2D eigenvalue weighted by Crippen LogP contribution is -2.39. The van der Waals surface area contributed by atoms with Gasteiger partial charge >= 0.3 is 0 Å². The summed E-state index contributed by atoms with van der Waals surface area (Å²) in [5.41, 5.74) is 0.747. The molecule has 1 aromatic rings. The molecule has 0 spiro atoms. The van der Waals surface area contributed by atoms with Gasteiger partial charge < -0.3 is 15.4 Å². The van der Waals surface area contributed by atoms with Crippen LogP contribution in [-0.4, -0.2) is 37.6 Å². The number of ether oxygens (including phenoxy) is 1. The van der Waals surface area contributed by atoms with Crippen molar-refractivity contribution < 1.29 is 18.7 Å². The van der Waals surface area contributed by atoms with E-state index in [1.807, 2.05) is 0 Å². The molecule has 114 valence electrons. The Balaban J connectivity index is 1.60. The highest BCUT2D eigenvalue weighted by Crippen LogP contribution is 2.11. The molecule has 1 heterocycles. The summed E-state index contributed by atoms with van der Waals surface area (Å²) in [6.45, 7) is 1.36. The lowest BCUT2D eigenvalue weighted by Gasteiger charge is -2.11. The lowest BCUT2D eigenvalue weighted by atomic mass is 10.1. The normalized spacial score (nSPS) is 17.5. The molecule has 0 aromatic heterocycles. The van der Waals surface area contributed by atoms with Gasteiger partial charge in [-0.15, -0.1) is 0 Å². The van der Waals surface area contributed by atoms with Gasteiger partial charge in [0.1, 0.15) is 11.9 Å². The second-order valence-corrected chi connectivity index (χ2v) is 4.95. The minimum Gasteiger partial charge on any atom is -0.368 e. The molecule has 6 heteroatoms. The summed E-state index contributed by atoms with van der Waals surface area (Å²) in [4.78, 5) is 23.3. The van der Waals surface area contributed by atoms with E-state index < -0.39 is 0 Å². The molecule has 1 unspecified atom stereocenters. The Morgan fingerprint density at radius 3 is 2.57 bits per heavy atom. The molecule has 1 aromatic carbocycles. The molecule has 21 heavy (non-hydrogen) atoms.